The van der Waals surface area contributed by atoms with Crippen molar-refractivity contribution in [3.05, 3.63) is 12.2 Å². The lowest BCUT2D eigenvalue weighted by Crippen LogP contribution is -2.31. The Kier molecular flexibility index (Phi) is 28.6. The fraction of sp³-hybridized carbons (Fsp3) is 0.767. The average Bonchev–Trinajstić information content (AvgIpc) is 3.00. The zero-order chi connectivity index (χ0) is 32.5. The van der Waals surface area contributed by atoms with Crippen LogP contribution in [0.15, 0.2) is 27.1 Å². The molecule has 14 nitrogen and oxygen atoms in total. The Morgan fingerprint density at radius 1 is 0.909 bits per heavy atom. The van der Waals surface area contributed by atoms with Crippen molar-refractivity contribution in [2.45, 2.75) is 103 Å². The van der Waals surface area contributed by atoms with Crippen molar-refractivity contribution in [3.8, 4) is 0 Å². The van der Waals surface area contributed by atoms with Crippen molar-refractivity contribution in [2.75, 3.05) is 46.1 Å². The molecular formula is C30H52N6O8. The van der Waals surface area contributed by atoms with Crippen LogP contribution < -0.4 is 10.6 Å². The molecule has 2 N–H and O–H groups in total. The molecule has 1 amide bonds. The Morgan fingerprint density at radius 2 is 1.64 bits per heavy atom. The molecule has 0 radical (unpaired) electrons. The molecule has 0 fully saturated rings. The van der Waals surface area contributed by atoms with Crippen molar-refractivity contribution in [3.63, 3.8) is 0 Å². The summed E-state index contributed by atoms with van der Waals surface area (Å²) in [6, 6.07) is 0. The van der Waals surface area contributed by atoms with Gasteiger partial charge < -0.3 is 19.6 Å². The molecule has 0 heterocycles. The predicted molar refractivity (Wildman–Crippen MR) is 166 cm³/mol. The third-order valence-electron chi connectivity index (χ3n) is 6.05. The minimum absolute atomic E-state index is 0.155. The Balaban J connectivity index is 4.32. The van der Waals surface area contributed by atoms with Gasteiger partial charge in [-0.2, -0.15) is 4.99 Å². The van der Waals surface area contributed by atoms with E-state index in [4.69, 9.17) is 19.1 Å². The number of nitrogens with zero attached hydrogens (tertiary/aromatic N) is 4. The molecule has 0 bridgehead atoms. The molecule has 1 atom stereocenters. The van der Waals surface area contributed by atoms with E-state index in [1.807, 2.05) is 0 Å². The van der Waals surface area contributed by atoms with Crippen molar-refractivity contribution >= 4 is 30.6 Å². The zero-order valence-corrected chi connectivity index (χ0v) is 26.6. The van der Waals surface area contributed by atoms with Crippen LogP contribution in [0.25, 0.3) is 0 Å². The number of rotatable bonds is 30. The van der Waals surface area contributed by atoms with Crippen LogP contribution in [0.4, 0.5) is 4.79 Å². The molecule has 0 aliphatic heterocycles. The van der Waals surface area contributed by atoms with Crippen LogP contribution >= 0.6 is 0 Å². The molecule has 14 heteroatoms. The number of ether oxygens (including phenoxy) is 2. The van der Waals surface area contributed by atoms with E-state index in [1.54, 1.807) is 19.1 Å². The van der Waals surface area contributed by atoms with E-state index < -0.39 is 18.2 Å². The molecule has 0 rings (SSSR count). The van der Waals surface area contributed by atoms with Crippen LogP contribution in [0.1, 0.15) is 97.3 Å². The second-order valence-corrected chi connectivity index (χ2v) is 10.0. The molecule has 1 unspecified atom stereocenters. The van der Waals surface area contributed by atoms with E-state index in [-0.39, 0.29) is 19.9 Å². The zero-order valence-electron chi connectivity index (χ0n) is 26.6. The number of unbranched alkanes of at least 4 members (excludes halogenated alkanes) is 8. The number of hydroxylamine groups is 2. The number of esters is 1. The third kappa shape index (κ3) is 27.4. The van der Waals surface area contributed by atoms with E-state index in [9.17, 15) is 19.2 Å². The Morgan fingerprint density at radius 3 is 2.36 bits per heavy atom. The van der Waals surface area contributed by atoms with E-state index >= 15 is 0 Å². The first-order chi connectivity index (χ1) is 21.4. The maximum Gasteiger partial charge on any atom is 0.407 e. The highest BCUT2D eigenvalue weighted by Gasteiger charge is 2.08. The van der Waals surface area contributed by atoms with Gasteiger partial charge in [0.05, 0.1) is 26.3 Å². The number of carbonyl (C=O) groups is 2. The normalized spacial score (nSPS) is 11.4. The second kappa shape index (κ2) is 31.0. The van der Waals surface area contributed by atoms with Crippen molar-refractivity contribution in [1.82, 2.24) is 15.9 Å². The summed E-state index contributed by atoms with van der Waals surface area (Å²) in [4.78, 5) is 66.7. The van der Waals surface area contributed by atoms with Gasteiger partial charge in [0, 0.05) is 18.5 Å². The molecule has 250 valence electrons. The van der Waals surface area contributed by atoms with E-state index in [0.29, 0.717) is 38.0 Å². The minimum atomic E-state index is -0.533. The fourth-order valence-electron chi connectivity index (χ4n) is 3.61. The smallest absolute Gasteiger partial charge is 0.407 e. The lowest BCUT2D eigenvalue weighted by molar-refractivity contribution is -0.327. The van der Waals surface area contributed by atoms with Crippen molar-refractivity contribution in [1.29, 1.82) is 0 Å². The summed E-state index contributed by atoms with van der Waals surface area (Å²) < 4.78 is 10.0. The highest BCUT2D eigenvalue weighted by molar-refractivity contribution is 5.86. The van der Waals surface area contributed by atoms with Gasteiger partial charge in [0.1, 0.15) is 6.73 Å². The summed E-state index contributed by atoms with van der Waals surface area (Å²) >= 11 is 0. The standard InChI is InChI=1S/C30H52N6O8/c1-4-5-10-16-28(34-24-38)35-26-44-36(43-25-32-18-12-7-6-11-17-31-23-37)20-14-9-8-13-19-33-30(40)42-22-15-21-41-29(39)27(2)3/h26,28,32H,2,4-22,25H2,1,3H3,(H,33,40)/b35-26+. The summed E-state index contributed by atoms with van der Waals surface area (Å²) in [5.74, 6) is -0.460. The number of amides is 1. The summed E-state index contributed by atoms with van der Waals surface area (Å²) in [5.41, 5.74) is 0.327. The average molecular weight is 625 g/mol. The Hall–Kier alpha value is -3.41. The second-order valence-electron chi connectivity index (χ2n) is 10.0. The SMILES string of the molecule is C=C(C)C(=O)OCCCOC(=O)NCCCCCCN(O/C=N/C(CCCCC)N=C=O)OCNCCCCCCN=C=O. The highest BCUT2D eigenvalue weighted by Crippen LogP contribution is 2.08. The summed E-state index contributed by atoms with van der Waals surface area (Å²) in [7, 11) is 0. The summed E-state index contributed by atoms with van der Waals surface area (Å²) in [6.45, 7) is 9.99. The van der Waals surface area contributed by atoms with E-state index in [1.165, 1.54) is 11.6 Å². The first kappa shape index (κ1) is 40.6. The minimum Gasteiger partial charge on any atom is -0.462 e. The van der Waals surface area contributed by atoms with Gasteiger partial charge in [-0.1, -0.05) is 52.0 Å². The van der Waals surface area contributed by atoms with Crippen LogP contribution in [0.3, 0.4) is 0 Å². The van der Waals surface area contributed by atoms with Gasteiger partial charge in [0.15, 0.2) is 6.17 Å². The Bertz CT molecular complexity index is 891. The topological polar surface area (TPSA) is 170 Å². The quantitative estimate of drug-likeness (QED) is 0.0167. The molecule has 0 aromatic rings. The predicted octanol–water partition coefficient (Wildman–Crippen LogP) is 4.66. The van der Waals surface area contributed by atoms with Gasteiger partial charge in [-0.05, 0) is 57.2 Å². The van der Waals surface area contributed by atoms with E-state index in [2.05, 4.69) is 39.1 Å². The molecule has 44 heavy (non-hydrogen) atoms. The molecule has 0 saturated heterocycles. The molecule has 0 spiro atoms. The van der Waals surface area contributed by atoms with Crippen LogP contribution in [-0.4, -0.2) is 88.1 Å². The van der Waals surface area contributed by atoms with Gasteiger partial charge in [-0.15, -0.1) is 0 Å². The first-order valence-electron chi connectivity index (χ1n) is 15.6. The first-order valence-corrected chi connectivity index (χ1v) is 15.6. The van der Waals surface area contributed by atoms with Gasteiger partial charge in [0.25, 0.3) is 0 Å². The van der Waals surface area contributed by atoms with Crippen LogP contribution in [-0.2, 0) is 33.5 Å². The van der Waals surface area contributed by atoms with Crippen LogP contribution in [0.2, 0.25) is 0 Å². The molecule has 0 aromatic heterocycles. The third-order valence-corrected chi connectivity index (χ3v) is 6.05. The number of aliphatic imine (C=N–C) groups is 3. The van der Waals surface area contributed by atoms with Crippen LogP contribution in [0.5, 0.6) is 0 Å². The number of carbonyl (C=O) groups excluding carboxylic acids is 4. The van der Waals surface area contributed by atoms with Gasteiger partial charge in [0.2, 0.25) is 18.6 Å². The molecular weight excluding hydrogens is 572 g/mol. The number of hydrogen-bond acceptors (Lipinski definition) is 13. The van der Waals surface area contributed by atoms with E-state index in [0.717, 1.165) is 77.2 Å². The number of nitrogens with one attached hydrogen (secondary N) is 2. The molecule has 0 saturated carbocycles. The number of hydrogen-bond donors (Lipinski definition) is 2. The maximum atomic E-state index is 11.8. The molecule has 0 aromatic carbocycles. The maximum absolute atomic E-state index is 11.8. The molecule has 0 aliphatic carbocycles. The highest BCUT2D eigenvalue weighted by atomic mass is 16.9. The lowest BCUT2D eigenvalue weighted by Gasteiger charge is -2.19. The number of isocyanates is 2. The monoisotopic (exact) mass is 624 g/mol. The number of alkyl carbamates (subject to hydrolysis) is 1. The van der Waals surface area contributed by atoms with Gasteiger partial charge >= 0.3 is 12.1 Å². The molecule has 0 aliphatic rings. The Labute approximate surface area is 261 Å². The lowest BCUT2D eigenvalue weighted by atomic mass is 10.2. The van der Waals surface area contributed by atoms with Gasteiger partial charge in [-0.3, -0.25) is 5.32 Å². The largest absolute Gasteiger partial charge is 0.462 e. The van der Waals surface area contributed by atoms with Gasteiger partial charge in [-0.25, -0.2) is 34.0 Å². The van der Waals surface area contributed by atoms with Crippen molar-refractivity contribution < 1.29 is 38.3 Å². The summed E-state index contributed by atoms with van der Waals surface area (Å²) in [5, 5.41) is 7.27. The fourth-order valence-corrected chi connectivity index (χ4v) is 3.61. The summed E-state index contributed by atoms with van der Waals surface area (Å²) in [6.07, 6.45) is 14.5. The van der Waals surface area contributed by atoms with Crippen molar-refractivity contribution in [2.24, 2.45) is 15.0 Å². The van der Waals surface area contributed by atoms with Crippen LogP contribution in [0, 0.1) is 0 Å².